The minimum Gasteiger partial charge on any atom is -0.310 e. The average Bonchev–Trinajstić information content (AvgIpc) is 3.02. The molecule has 0 spiro atoms. The second-order valence-corrected chi connectivity index (χ2v) is 5.59. The lowest BCUT2D eigenvalue weighted by molar-refractivity contribution is 0.526. The quantitative estimate of drug-likeness (QED) is 0.695. The van der Waals surface area contributed by atoms with Gasteiger partial charge in [0.05, 0.1) is 16.9 Å². The van der Waals surface area contributed by atoms with Gasteiger partial charge in [-0.05, 0) is 19.1 Å². The van der Waals surface area contributed by atoms with E-state index < -0.39 is 0 Å². The third-order valence-corrected chi connectivity index (χ3v) is 3.45. The largest absolute Gasteiger partial charge is 0.310 e. The number of imidazole rings is 1. The summed E-state index contributed by atoms with van der Waals surface area (Å²) in [6.45, 7) is 3.34. The molecule has 0 N–H and O–H groups in total. The molecule has 3 aromatic heterocycles. The van der Waals surface area contributed by atoms with Crippen molar-refractivity contribution in [3.05, 3.63) is 41.6 Å². The van der Waals surface area contributed by atoms with Gasteiger partial charge in [-0.1, -0.05) is 11.6 Å². The summed E-state index contributed by atoms with van der Waals surface area (Å²) in [5.74, 6) is 0.795. The average molecular weight is 310 g/mol. The number of alkyl halides is 1. The Morgan fingerprint density at radius 2 is 2.20 bits per heavy atom. The van der Waals surface area contributed by atoms with E-state index in [9.17, 15) is 0 Å². The number of rotatable bonds is 4. The third-order valence-electron chi connectivity index (χ3n) is 3.05. The molecule has 7 heteroatoms. The van der Waals surface area contributed by atoms with Crippen LogP contribution in [-0.4, -0.2) is 24.3 Å². The Labute approximate surface area is 126 Å². The molecule has 0 aliphatic carbocycles. The number of aromatic nitrogens is 5. The Hall–Kier alpha value is -1.59. The Morgan fingerprint density at radius 1 is 1.35 bits per heavy atom. The zero-order valence-corrected chi connectivity index (χ0v) is 12.4. The first-order valence-corrected chi connectivity index (χ1v) is 7.10. The Kier molecular flexibility index (Phi) is 3.63. The van der Waals surface area contributed by atoms with Gasteiger partial charge in [-0.15, -0.1) is 11.6 Å². The summed E-state index contributed by atoms with van der Waals surface area (Å²) >= 11 is 12.2. The summed E-state index contributed by atoms with van der Waals surface area (Å²) in [4.78, 5) is 8.89. The van der Waals surface area contributed by atoms with E-state index in [-0.39, 0.29) is 5.38 Å². The summed E-state index contributed by atoms with van der Waals surface area (Å²) in [6, 6.07) is 3.70. The van der Waals surface area contributed by atoms with Gasteiger partial charge >= 0.3 is 0 Å². The van der Waals surface area contributed by atoms with Gasteiger partial charge in [0.25, 0.3) is 0 Å². The molecule has 104 valence electrons. The van der Waals surface area contributed by atoms with Gasteiger partial charge in [0.2, 0.25) is 0 Å². The summed E-state index contributed by atoms with van der Waals surface area (Å²) in [6.07, 6.45) is 5.31. The first kappa shape index (κ1) is 13.4. The molecular weight excluding hydrogens is 297 g/mol. The van der Waals surface area contributed by atoms with Crippen molar-refractivity contribution in [3.63, 3.8) is 0 Å². The predicted molar refractivity (Wildman–Crippen MR) is 79.0 cm³/mol. The maximum Gasteiger partial charge on any atom is 0.160 e. The zero-order chi connectivity index (χ0) is 14.1. The van der Waals surface area contributed by atoms with E-state index in [2.05, 4.69) is 15.1 Å². The number of pyridine rings is 1. The maximum atomic E-state index is 6.21. The fourth-order valence-electron chi connectivity index (χ4n) is 2.16. The topological polar surface area (TPSA) is 48.5 Å². The van der Waals surface area contributed by atoms with E-state index in [1.165, 1.54) is 0 Å². The zero-order valence-electron chi connectivity index (χ0n) is 10.9. The molecule has 0 saturated carbocycles. The molecule has 0 aliphatic heterocycles. The van der Waals surface area contributed by atoms with Crippen LogP contribution in [0.4, 0.5) is 0 Å². The molecule has 20 heavy (non-hydrogen) atoms. The fourth-order valence-corrected chi connectivity index (χ4v) is 2.48. The number of nitrogens with zero attached hydrogens (tertiary/aromatic N) is 5. The number of halogens is 2. The van der Waals surface area contributed by atoms with Gasteiger partial charge in [-0.2, -0.15) is 5.10 Å². The molecule has 1 atom stereocenters. The third kappa shape index (κ3) is 2.51. The maximum absolute atomic E-state index is 6.21. The van der Waals surface area contributed by atoms with Crippen LogP contribution in [0.15, 0.2) is 30.7 Å². The summed E-state index contributed by atoms with van der Waals surface area (Å²) < 4.78 is 3.88. The van der Waals surface area contributed by atoms with Crippen molar-refractivity contribution >= 4 is 34.4 Å². The highest BCUT2D eigenvalue weighted by Gasteiger charge is 2.16. The fraction of sp³-hybridized carbons (Fsp3) is 0.308. The van der Waals surface area contributed by atoms with Gasteiger partial charge in [-0.25, -0.2) is 9.97 Å². The molecule has 0 saturated heterocycles. The van der Waals surface area contributed by atoms with Crippen molar-refractivity contribution in [3.8, 4) is 0 Å². The number of fused-ring (bicyclic) bond motifs is 1. The van der Waals surface area contributed by atoms with Crippen molar-refractivity contribution in [2.75, 3.05) is 0 Å². The van der Waals surface area contributed by atoms with Crippen molar-refractivity contribution in [2.24, 2.45) is 0 Å². The Morgan fingerprint density at radius 3 is 2.90 bits per heavy atom. The van der Waals surface area contributed by atoms with Crippen LogP contribution in [0.3, 0.4) is 0 Å². The molecule has 0 amide bonds. The van der Waals surface area contributed by atoms with Crippen molar-refractivity contribution in [1.82, 2.24) is 24.3 Å². The monoisotopic (exact) mass is 309 g/mol. The lowest BCUT2D eigenvalue weighted by Crippen LogP contribution is -2.11. The number of hydrogen-bond donors (Lipinski definition) is 0. The lowest BCUT2D eigenvalue weighted by Gasteiger charge is -2.09. The van der Waals surface area contributed by atoms with Crippen LogP contribution in [0.2, 0.25) is 5.02 Å². The summed E-state index contributed by atoms with van der Waals surface area (Å²) in [5.41, 5.74) is 1.56. The van der Waals surface area contributed by atoms with Gasteiger partial charge in [0.1, 0.15) is 11.3 Å². The van der Waals surface area contributed by atoms with Crippen LogP contribution in [0, 0.1) is 0 Å². The molecule has 0 radical (unpaired) electrons. The molecule has 1 unspecified atom stereocenters. The predicted octanol–water partition coefficient (Wildman–Crippen LogP) is 3.28. The van der Waals surface area contributed by atoms with Gasteiger partial charge in [-0.3, -0.25) is 4.68 Å². The standard InChI is InChI=1S/C13H13Cl2N5/c1-9(14)12-18-11-7-10(15)8-16-13(11)20(12)6-5-19-4-2-3-17-19/h2-4,7-9H,5-6H2,1H3. The second-order valence-electron chi connectivity index (χ2n) is 4.50. The van der Waals surface area contributed by atoms with Crippen molar-refractivity contribution < 1.29 is 0 Å². The van der Waals surface area contributed by atoms with E-state index in [1.807, 2.05) is 28.4 Å². The molecule has 0 fully saturated rings. The summed E-state index contributed by atoms with van der Waals surface area (Å²) in [7, 11) is 0. The highest BCUT2D eigenvalue weighted by molar-refractivity contribution is 6.31. The van der Waals surface area contributed by atoms with E-state index in [0.717, 1.165) is 23.5 Å². The minimum absolute atomic E-state index is 0.194. The second kappa shape index (κ2) is 5.42. The van der Waals surface area contributed by atoms with Gasteiger partial charge in [0.15, 0.2) is 5.65 Å². The van der Waals surface area contributed by atoms with E-state index in [0.29, 0.717) is 11.6 Å². The van der Waals surface area contributed by atoms with Gasteiger partial charge in [0, 0.05) is 25.1 Å². The smallest absolute Gasteiger partial charge is 0.160 e. The molecule has 0 bridgehead atoms. The van der Waals surface area contributed by atoms with Crippen LogP contribution in [0.1, 0.15) is 18.1 Å². The summed E-state index contributed by atoms with van der Waals surface area (Å²) in [5, 5.41) is 4.57. The van der Waals surface area contributed by atoms with E-state index in [4.69, 9.17) is 23.2 Å². The number of aryl methyl sites for hydroxylation is 2. The Bertz CT molecular complexity index is 718. The van der Waals surface area contributed by atoms with Crippen LogP contribution >= 0.6 is 23.2 Å². The molecular formula is C13H13Cl2N5. The molecule has 3 aromatic rings. The minimum atomic E-state index is -0.194. The van der Waals surface area contributed by atoms with E-state index >= 15 is 0 Å². The van der Waals surface area contributed by atoms with E-state index in [1.54, 1.807) is 18.5 Å². The highest BCUT2D eigenvalue weighted by atomic mass is 35.5. The van der Waals surface area contributed by atoms with Crippen LogP contribution < -0.4 is 0 Å². The Balaban J connectivity index is 2.00. The van der Waals surface area contributed by atoms with Crippen LogP contribution in [-0.2, 0) is 13.1 Å². The highest BCUT2D eigenvalue weighted by Crippen LogP contribution is 2.25. The molecule has 3 heterocycles. The first-order valence-electron chi connectivity index (χ1n) is 6.28. The molecule has 5 nitrogen and oxygen atoms in total. The lowest BCUT2D eigenvalue weighted by atomic mass is 10.4. The van der Waals surface area contributed by atoms with Crippen LogP contribution in [0.25, 0.3) is 11.2 Å². The number of hydrogen-bond acceptors (Lipinski definition) is 3. The van der Waals surface area contributed by atoms with Crippen LogP contribution in [0.5, 0.6) is 0 Å². The first-order chi connectivity index (χ1) is 9.65. The molecule has 0 aliphatic rings. The normalized spacial score (nSPS) is 12.9. The SMILES string of the molecule is CC(Cl)c1nc2cc(Cl)cnc2n1CCn1cccn1. The van der Waals surface area contributed by atoms with Crippen molar-refractivity contribution in [2.45, 2.75) is 25.4 Å². The van der Waals surface area contributed by atoms with Gasteiger partial charge < -0.3 is 4.57 Å². The molecule has 3 rings (SSSR count). The van der Waals surface area contributed by atoms with Crippen molar-refractivity contribution in [1.29, 1.82) is 0 Å². The molecule has 0 aromatic carbocycles.